The Balaban J connectivity index is 2.40. The summed E-state index contributed by atoms with van der Waals surface area (Å²) in [7, 11) is 1.85. The van der Waals surface area contributed by atoms with Crippen LogP contribution in [0.5, 0.6) is 0 Å². The molecule has 0 unspecified atom stereocenters. The molecule has 1 rings (SSSR count). The van der Waals surface area contributed by atoms with Gasteiger partial charge < -0.3 is 10.1 Å². The fourth-order valence-corrected chi connectivity index (χ4v) is 3.17. The van der Waals surface area contributed by atoms with Crippen molar-refractivity contribution < 1.29 is 4.74 Å². The summed E-state index contributed by atoms with van der Waals surface area (Å²) in [4.78, 5) is 0. The normalized spacial score (nSPS) is 28.8. The monoisotopic (exact) mass is 255 g/mol. The quantitative estimate of drug-likeness (QED) is 0.708. The maximum Gasteiger partial charge on any atom is 0.0530 e. The van der Waals surface area contributed by atoms with Crippen LogP contribution in [0.15, 0.2) is 0 Å². The van der Waals surface area contributed by atoms with E-state index in [1.165, 1.54) is 44.9 Å². The van der Waals surface area contributed by atoms with E-state index >= 15 is 0 Å². The SMILES string of the molecule is CCCCC1CCC(CNC(C)C)(COC)CC1. The lowest BCUT2D eigenvalue weighted by molar-refractivity contribution is 0.0329. The zero-order chi connectivity index (χ0) is 13.4. The van der Waals surface area contributed by atoms with Crippen LogP contribution in [-0.4, -0.2) is 26.3 Å². The molecular weight excluding hydrogens is 222 g/mol. The Morgan fingerprint density at radius 1 is 1.28 bits per heavy atom. The minimum atomic E-state index is 0.404. The summed E-state index contributed by atoms with van der Waals surface area (Å²) >= 11 is 0. The Morgan fingerprint density at radius 2 is 1.94 bits per heavy atom. The minimum absolute atomic E-state index is 0.404. The zero-order valence-corrected chi connectivity index (χ0v) is 12.9. The van der Waals surface area contributed by atoms with Crippen LogP contribution in [0, 0.1) is 11.3 Å². The van der Waals surface area contributed by atoms with Crippen LogP contribution in [0.25, 0.3) is 0 Å². The van der Waals surface area contributed by atoms with Gasteiger partial charge in [0.15, 0.2) is 0 Å². The van der Waals surface area contributed by atoms with E-state index in [1.807, 2.05) is 7.11 Å². The Kier molecular flexibility index (Phi) is 7.25. The van der Waals surface area contributed by atoms with Gasteiger partial charge in [0, 0.05) is 25.1 Å². The van der Waals surface area contributed by atoms with Gasteiger partial charge in [-0.25, -0.2) is 0 Å². The number of methoxy groups -OCH3 is 1. The van der Waals surface area contributed by atoms with Crippen LogP contribution in [0.3, 0.4) is 0 Å². The molecule has 0 atom stereocenters. The molecule has 0 saturated heterocycles. The summed E-state index contributed by atoms with van der Waals surface area (Å²) in [5, 5.41) is 3.62. The van der Waals surface area contributed by atoms with Crippen molar-refractivity contribution in [1.29, 1.82) is 0 Å². The van der Waals surface area contributed by atoms with Crippen molar-refractivity contribution in [3.8, 4) is 0 Å². The first-order valence-electron chi connectivity index (χ1n) is 7.84. The molecule has 0 heterocycles. The summed E-state index contributed by atoms with van der Waals surface area (Å²) in [6, 6.07) is 0.580. The summed E-state index contributed by atoms with van der Waals surface area (Å²) in [6.45, 7) is 8.80. The highest BCUT2D eigenvalue weighted by Gasteiger charge is 2.34. The van der Waals surface area contributed by atoms with Gasteiger partial charge in [-0.15, -0.1) is 0 Å². The second-order valence-corrected chi connectivity index (χ2v) is 6.55. The van der Waals surface area contributed by atoms with Gasteiger partial charge in [0.25, 0.3) is 0 Å². The van der Waals surface area contributed by atoms with Gasteiger partial charge in [0.05, 0.1) is 6.61 Å². The molecule has 0 bridgehead atoms. The molecule has 0 aromatic heterocycles. The molecule has 18 heavy (non-hydrogen) atoms. The molecule has 108 valence electrons. The van der Waals surface area contributed by atoms with Crippen LogP contribution in [0.2, 0.25) is 0 Å². The number of nitrogens with one attached hydrogen (secondary N) is 1. The highest BCUT2D eigenvalue weighted by molar-refractivity contribution is 4.88. The largest absolute Gasteiger partial charge is 0.384 e. The number of hydrogen-bond acceptors (Lipinski definition) is 2. The fourth-order valence-electron chi connectivity index (χ4n) is 3.17. The van der Waals surface area contributed by atoms with Crippen LogP contribution in [0.1, 0.15) is 65.7 Å². The lowest BCUT2D eigenvalue weighted by Crippen LogP contribution is -2.43. The third-order valence-electron chi connectivity index (χ3n) is 4.47. The van der Waals surface area contributed by atoms with Gasteiger partial charge in [-0.3, -0.25) is 0 Å². The first kappa shape index (κ1) is 16.0. The predicted octanol–water partition coefficient (Wildman–Crippen LogP) is 4.00. The molecule has 0 spiro atoms. The summed E-state index contributed by atoms with van der Waals surface area (Å²) in [5.41, 5.74) is 0.404. The smallest absolute Gasteiger partial charge is 0.0530 e. The first-order valence-corrected chi connectivity index (χ1v) is 7.84. The standard InChI is InChI=1S/C16H33NO/c1-5-6-7-15-8-10-16(11-9-15,13-18-4)12-17-14(2)3/h14-15,17H,5-13H2,1-4H3. The van der Waals surface area contributed by atoms with Gasteiger partial charge in [-0.05, 0) is 31.6 Å². The van der Waals surface area contributed by atoms with E-state index < -0.39 is 0 Å². The Hall–Kier alpha value is -0.0800. The van der Waals surface area contributed by atoms with Crippen LogP contribution < -0.4 is 5.32 Å². The van der Waals surface area contributed by atoms with Gasteiger partial charge in [0.1, 0.15) is 0 Å². The molecule has 0 amide bonds. The van der Waals surface area contributed by atoms with E-state index in [1.54, 1.807) is 0 Å². The third kappa shape index (κ3) is 5.27. The molecule has 1 aliphatic rings. The molecule has 2 nitrogen and oxygen atoms in total. The van der Waals surface area contributed by atoms with Crippen LogP contribution in [0.4, 0.5) is 0 Å². The van der Waals surface area contributed by atoms with Gasteiger partial charge in [0.2, 0.25) is 0 Å². The molecule has 1 saturated carbocycles. The molecule has 0 aromatic rings. The summed E-state index contributed by atoms with van der Waals surface area (Å²) < 4.78 is 5.49. The molecular formula is C16H33NO. The Labute approximate surface area is 114 Å². The van der Waals surface area contributed by atoms with E-state index in [0.717, 1.165) is 19.1 Å². The average Bonchev–Trinajstić information content (AvgIpc) is 2.36. The molecule has 1 fully saturated rings. The van der Waals surface area contributed by atoms with Gasteiger partial charge in [-0.2, -0.15) is 0 Å². The van der Waals surface area contributed by atoms with E-state index in [4.69, 9.17) is 4.74 Å². The molecule has 0 radical (unpaired) electrons. The number of ether oxygens (including phenoxy) is 1. The highest BCUT2D eigenvalue weighted by Crippen LogP contribution is 2.40. The average molecular weight is 255 g/mol. The van der Waals surface area contributed by atoms with Crippen molar-refractivity contribution in [3.63, 3.8) is 0 Å². The molecule has 1 aliphatic carbocycles. The van der Waals surface area contributed by atoms with Crippen LogP contribution in [-0.2, 0) is 4.74 Å². The number of unbranched alkanes of at least 4 members (excludes halogenated alkanes) is 1. The zero-order valence-electron chi connectivity index (χ0n) is 12.9. The van der Waals surface area contributed by atoms with Crippen molar-refractivity contribution in [3.05, 3.63) is 0 Å². The molecule has 0 aliphatic heterocycles. The van der Waals surface area contributed by atoms with Gasteiger partial charge >= 0.3 is 0 Å². The van der Waals surface area contributed by atoms with E-state index in [0.29, 0.717) is 11.5 Å². The summed E-state index contributed by atoms with van der Waals surface area (Å²) in [6.07, 6.45) is 9.69. The number of hydrogen-bond donors (Lipinski definition) is 1. The Morgan fingerprint density at radius 3 is 2.44 bits per heavy atom. The third-order valence-corrected chi connectivity index (χ3v) is 4.47. The minimum Gasteiger partial charge on any atom is -0.384 e. The van der Waals surface area contributed by atoms with Crippen LogP contribution >= 0.6 is 0 Å². The van der Waals surface area contributed by atoms with Gasteiger partial charge in [-0.1, -0.05) is 40.0 Å². The lowest BCUT2D eigenvalue weighted by Gasteiger charge is -2.40. The summed E-state index contributed by atoms with van der Waals surface area (Å²) in [5.74, 6) is 0.981. The van der Waals surface area contributed by atoms with Crippen molar-refractivity contribution in [2.24, 2.45) is 11.3 Å². The van der Waals surface area contributed by atoms with Crippen molar-refractivity contribution in [1.82, 2.24) is 5.32 Å². The van der Waals surface area contributed by atoms with Crippen molar-refractivity contribution in [2.75, 3.05) is 20.3 Å². The predicted molar refractivity (Wildman–Crippen MR) is 78.9 cm³/mol. The fraction of sp³-hybridized carbons (Fsp3) is 1.00. The second-order valence-electron chi connectivity index (χ2n) is 6.55. The maximum absolute atomic E-state index is 5.49. The topological polar surface area (TPSA) is 21.3 Å². The van der Waals surface area contributed by atoms with E-state index in [2.05, 4.69) is 26.1 Å². The second kappa shape index (κ2) is 8.16. The Bertz CT molecular complexity index is 207. The lowest BCUT2D eigenvalue weighted by atomic mass is 9.69. The molecule has 2 heteroatoms. The first-order chi connectivity index (χ1) is 8.62. The maximum atomic E-state index is 5.49. The molecule has 1 N–H and O–H groups in total. The number of rotatable bonds is 8. The van der Waals surface area contributed by atoms with E-state index in [-0.39, 0.29) is 0 Å². The van der Waals surface area contributed by atoms with E-state index in [9.17, 15) is 0 Å². The van der Waals surface area contributed by atoms with Crippen molar-refractivity contribution >= 4 is 0 Å². The molecule has 0 aromatic carbocycles. The highest BCUT2D eigenvalue weighted by atomic mass is 16.5. The van der Waals surface area contributed by atoms with Crippen molar-refractivity contribution in [2.45, 2.75) is 71.8 Å².